The fraction of sp³-hybridized carbons (Fsp3) is 0.0769. The van der Waals surface area contributed by atoms with Crippen molar-refractivity contribution in [2.75, 3.05) is 6.66 Å². The van der Waals surface area contributed by atoms with Gasteiger partial charge in [-0.15, -0.1) is 0 Å². The van der Waals surface area contributed by atoms with Crippen LogP contribution in [-0.2, 0) is 0 Å². The van der Waals surface area contributed by atoms with Crippen LogP contribution in [0.25, 0.3) is 11.1 Å². The first-order valence-electron chi connectivity index (χ1n) is 5.12. The molecule has 0 saturated carbocycles. The quantitative estimate of drug-likeness (QED) is 0.461. The summed E-state index contributed by atoms with van der Waals surface area (Å²) >= 11 is 0. The summed E-state index contributed by atoms with van der Waals surface area (Å²) in [6, 6.07) is 17.4. The number of hydrogen-bond acceptors (Lipinski definition) is 0. The molecule has 1 aliphatic rings. The Balaban J connectivity index is 2.47. The zero-order chi connectivity index (χ0) is 10.5. The van der Waals surface area contributed by atoms with Gasteiger partial charge in [0.1, 0.15) is 0 Å². The molecule has 0 saturated heterocycles. The van der Waals surface area contributed by atoms with Crippen LogP contribution in [0.4, 0.5) is 0 Å². The number of fused-ring (bicyclic) bond motifs is 3. The summed E-state index contributed by atoms with van der Waals surface area (Å²) in [4.78, 5) is 0. The topological polar surface area (TPSA) is 0 Å². The first-order chi connectivity index (χ1) is 7.21. The van der Waals surface area contributed by atoms with Crippen molar-refractivity contribution in [1.29, 1.82) is 0 Å². The van der Waals surface area contributed by atoms with Gasteiger partial charge in [0.25, 0.3) is 0 Å². The maximum absolute atomic E-state index is 4.46. The van der Waals surface area contributed by atoms with E-state index in [9.17, 15) is 0 Å². The van der Waals surface area contributed by atoms with Gasteiger partial charge >= 0.3 is 90.9 Å². The molecule has 0 unspecified atom stereocenters. The molecule has 0 fully saturated rings. The Hall–Kier alpha value is -1.07. The van der Waals surface area contributed by atoms with Crippen LogP contribution in [-0.4, -0.2) is 13.8 Å². The summed E-state index contributed by atoms with van der Waals surface area (Å²) in [5.74, 6) is 0. The molecule has 2 aromatic carbocycles. The molecule has 0 amide bonds. The maximum atomic E-state index is 4.46. The summed E-state index contributed by atoms with van der Waals surface area (Å²) < 4.78 is 0. The molecule has 0 N–H and O–H groups in total. The van der Waals surface area contributed by atoms with Gasteiger partial charge in [0.05, 0.1) is 0 Å². The Morgan fingerprint density at radius 2 is 1.20 bits per heavy atom. The zero-order valence-corrected chi connectivity index (χ0v) is 9.67. The van der Waals surface area contributed by atoms with E-state index in [-0.39, 0.29) is 0 Å². The third-order valence-electron chi connectivity index (χ3n) is 3.16. The van der Waals surface area contributed by atoms with E-state index in [1.165, 1.54) is 21.7 Å². The molecule has 2 aromatic rings. The molecular formula is C13H12BP. The van der Waals surface area contributed by atoms with Gasteiger partial charge < -0.3 is 0 Å². The zero-order valence-electron chi connectivity index (χ0n) is 8.77. The van der Waals surface area contributed by atoms with Gasteiger partial charge in [-0.3, -0.25) is 0 Å². The molecule has 0 aliphatic carbocycles. The average Bonchev–Trinajstić information content (AvgIpc) is 2.51. The first-order valence-corrected chi connectivity index (χ1v) is 7.54. The Morgan fingerprint density at radius 3 is 1.67 bits per heavy atom. The summed E-state index contributed by atoms with van der Waals surface area (Å²) in [7, 11) is 4.46. The molecule has 3 rings (SSSR count). The van der Waals surface area contributed by atoms with E-state index in [0.717, 1.165) is 0 Å². The third kappa shape index (κ3) is 1.13. The molecule has 0 bridgehead atoms. The van der Waals surface area contributed by atoms with Crippen LogP contribution in [0.15, 0.2) is 48.5 Å². The second-order valence-corrected chi connectivity index (χ2v) is 7.57. The Labute approximate surface area is 91.3 Å². The Kier molecular flexibility index (Phi) is 1.81. The van der Waals surface area contributed by atoms with Crippen LogP contribution in [0.5, 0.6) is 0 Å². The Morgan fingerprint density at radius 1 is 0.800 bits per heavy atom. The van der Waals surface area contributed by atoms with E-state index in [0.29, 0.717) is 0 Å². The van der Waals surface area contributed by atoms with E-state index in [4.69, 9.17) is 0 Å². The van der Waals surface area contributed by atoms with Crippen molar-refractivity contribution in [1.82, 2.24) is 0 Å². The van der Waals surface area contributed by atoms with Crippen molar-refractivity contribution in [3.8, 4) is 11.1 Å². The van der Waals surface area contributed by atoms with E-state index in [2.05, 4.69) is 62.4 Å². The Bertz CT molecular complexity index is 537. The van der Waals surface area contributed by atoms with E-state index >= 15 is 0 Å². The molecular weight excluding hydrogens is 198 g/mol. The number of rotatable bonds is 0. The molecule has 72 valence electrons. The summed E-state index contributed by atoms with van der Waals surface area (Å²) in [5, 5.41) is 2.90. The minimum absolute atomic E-state index is 1.32. The van der Waals surface area contributed by atoms with Gasteiger partial charge in [-0.05, 0) is 0 Å². The van der Waals surface area contributed by atoms with Gasteiger partial charge in [-0.1, -0.05) is 0 Å². The second-order valence-electron chi connectivity index (χ2n) is 4.23. The number of benzene rings is 2. The molecule has 1 aliphatic heterocycles. The molecule has 15 heavy (non-hydrogen) atoms. The fourth-order valence-corrected chi connectivity index (χ4v) is 4.94. The minimum atomic E-state index is -1.32. The standard InChI is InChI=1S/C13H12BP/c1-15(14)12-8-4-2-6-10(12)11-7-3-5-9-13(11)15/h2-9,14H,1H3. The number of hydrogen-bond donors (Lipinski definition) is 0. The van der Waals surface area contributed by atoms with E-state index < -0.39 is 6.75 Å². The van der Waals surface area contributed by atoms with Crippen molar-refractivity contribution < 1.29 is 0 Å². The predicted octanol–water partition coefficient (Wildman–Crippen LogP) is 2.08. The SMILES string of the molecule is B=P1(C)c2ccccc2-c2ccccc21. The molecule has 1 heterocycles. The van der Waals surface area contributed by atoms with Crippen LogP contribution >= 0.6 is 6.75 Å². The van der Waals surface area contributed by atoms with Crippen LogP contribution in [0.1, 0.15) is 0 Å². The second kappa shape index (κ2) is 2.96. The molecule has 0 nitrogen and oxygen atoms in total. The van der Waals surface area contributed by atoms with Gasteiger partial charge in [0, 0.05) is 0 Å². The van der Waals surface area contributed by atoms with Crippen LogP contribution < -0.4 is 10.6 Å². The van der Waals surface area contributed by atoms with Gasteiger partial charge in [-0.25, -0.2) is 0 Å². The van der Waals surface area contributed by atoms with E-state index in [1.54, 1.807) is 0 Å². The van der Waals surface area contributed by atoms with Gasteiger partial charge in [-0.2, -0.15) is 0 Å². The average molecular weight is 210 g/mol. The van der Waals surface area contributed by atoms with Crippen molar-refractivity contribution in [3.05, 3.63) is 48.5 Å². The third-order valence-corrected chi connectivity index (χ3v) is 6.07. The molecule has 0 atom stereocenters. The summed E-state index contributed by atoms with van der Waals surface area (Å²) in [6.07, 6.45) is 0. The van der Waals surface area contributed by atoms with Crippen molar-refractivity contribution in [2.24, 2.45) is 0 Å². The summed E-state index contributed by atoms with van der Waals surface area (Å²) in [5.41, 5.74) is 2.78. The van der Waals surface area contributed by atoms with E-state index in [1.807, 2.05) is 0 Å². The molecule has 0 radical (unpaired) electrons. The normalized spacial score (nSPS) is 15.7. The fourth-order valence-electron chi connectivity index (χ4n) is 2.39. The monoisotopic (exact) mass is 210 g/mol. The predicted molar refractivity (Wildman–Crippen MR) is 71.1 cm³/mol. The van der Waals surface area contributed by atoms with Crippen molar-refractivity contribution in [3.63, 3.8) is 0 Å². The first kappa shape index (κ1) is 9.18. The molecule has 0 aromatic heterocycles. The van der Waals surface area contributed by atoms with Gasteiger partial charge in [0.2, 0.25) is 0 Å². The van der Waals surface area contributed by atoms with Gasteiger partial charge in [0.15, 0.2) is 0 Å². The van der Waals surface area contributed by atoms with Crippen LogP contribution in [0.3, 0.4) is 0 Å². The van der Waals surface area contributed by atoms with Crippen molar-refractivity contribution in [2.45, 2.75) is 0 Å². The molecule has 0 spiro atoms. The van der Waals surface area contributed by atoms with Crippen molar-refractivity contribution >= 4 is 24.5 Å². The summed E-state index contributed by atoms with van der Waals surface area (Å²) in [6.45, 7) is 0.980. The van der Waals surface area contributed by atoms with Crippen LogP contribution in [0, 0.1) is 0 Å². The molecule has 2 heteroatoms. The van der Waals surface area contributed by atoms with Crippen LogP contribution in [0.2, 0.25) is 0 Å².